The number of amides is 1. The maximum absolute atomic E-state index is 13.2. The molecule has 2 N–H and O–H groups in total. The lowest BCUT2D eigenvalue weighted by Crippen LogP contribution is -2.39. The summed E-state index contributed by atoms with van der Waals surface area (Å²) in [4.78, 5) is 13.6. The third-order valence-corrected chi connectivity index (χ3v) is 2.61. The third kappa shape index (κ3) is 5.70. The topological polar surface area (TPSA) is 52.6 Å². The van der Waals surface area contributed by atoms with Gasteiger partial charge in [-0.2, -0.15) is 0 Å². The van der Waals surface area contributed by atoms with Crippen molar-refractivity contribution in [2.24, 2.45) is 0 Å². The molecule has 0 aromatic heterocycles. The Morgan fingerprint density at radius 3 is 2.63 bits per heavy atom. The van der Waals surface area contributed by atoms with Crippen LogP contribution in [-0.4, -0.2) is 35.0 Å². The van der Waals surface area contributed by atoms with Crippen LogP contribution in [-0.2, 0) is 11.3 Å². The van der Waals surface area contributed by atoms with E-state index in [1.54, 1.807) is 0 Å². The predicted octanol–water partition coefficient (Wildman–Crippen LogP) is 1.88. The summed E-state index contributed by atoms with van der Waals surface area (Å²) in [6.45, 7) is 7.08. The fourth-order valence-electron chi connectivity index (χ4n) is 1.83. The molecule has 0 aliphatic heterocycles. The summed E-state index contributed by atoms with van der Waals surface area (Å²) in [6.07, 6.45) is 0. The van der Waals surface area contributed by atoms with Crippen LogP contribution in [0.5, 0.6) is 5.75 Å². The van der Waals surface area contributed by atoms with Crippen molar-refractivity contribution in [2.45, 2.75) is 33.4 Å². The van der Waals surface area contributed by atoms with Crippen molar-refractivity contribution < 1.29 is 14.3 Å². The number of nitrogens with one attached hydrogen (secondary N) is 1. The first kappa shape index (κ1) is 15.4. The Morgan fingerprint density at radius 2 is 2.11 bits per heavy atom. The zero-order valence-electron chi connectivity index (χ0n) is 11.6. The Morgan fingerprint density at radius 1 is 1.42 bits per heavy atom. The monoisotopic (exact) mass is 268 g/mol. The second-order valence-corrected chi connectivity index (χ2v) is 4.84. The van der Waals surface area contributed by atoms with Gasteiger partial charge in [0.2, 0.25) is 5.91 Å². The summed E-state index contributed by atoms with van der Waals surface area (Å²) < 4.78 is 13.2. The molecule has 0 spiro atoms. The van der Waals surface area contributed by atoms with E-state index in [9.17, 15) is 14.3 Å². The van der Waals surface area contributed by atoms with Gasteiger partial charge in [-0.1, -0.05) is 6.92 Å². The van der Waals surface area contributed by atoms with Gasteiger partial charge in [0.1, 0.15) is 11.6 Å². The molecule has 5 heteroatoms. The lowest BCUT2D eigenvalue weighted by molar-refractivity contribution is -0.122. The number of hydrogen-bond donors (Lipinski definition) is 2. The molecule has 0 heterocycles. The highest BCUT2D eigenvalue weighted by Crippen LogP contribution is 2.16. The fraction of sp³-hybridized carbons (Fsp3) is 0.500. The molecule has 0 bridgehead atoms. The molecular formula is C14H21FN2O2. The minimum Gasteiger partial charge on any atom is -0.508 e. The number of carbonyl (C=O) groups is 1. The number of phenolic OH excluding ortho intramolecular Hbond substituents is 1. The quantitative estimate of drug-likeness (QED) is 0.828. The van der Waals surface area contributed by atoms with E-state index in [2.05, 4.69) is 5.32 Å². The van der Waals surface area contributed by atoms with Crippen LogP contribution in [0.1, 0.15) is 26.3 Å². The first-order valence-corrected chi connectivity index (χ1v) is 6.41. The van der Waals surface area contributed by atoms with Gasteiger partial charge in [-0.3, -0.25) is 9.69 Å². The average molecular weight is 268 g/mol. The maximum Gasteiger partial charge on any atom is 0.234 e. The van der Waals surface area contributed by atoms with E-state index in [1.807, 2.05) is 25.7 Å². The Kier molecular flexibility index (Phi) is 5.76. The number of nitrogens with zero attached hydrogens (tertiary/aromatic N) is 1. The van der Waals surface area contributed by atoms with Gasteiger partial charge in [0.15, 0.2) is 0 Å². The Labute approximate surface area is 113 Å². The third-order valence-electron chi connectivity index (χ3n) is 2.61. The van der Waals surface area contributed by atoms with E-state index >= 15 is 0 Å². The number of benzene rings is 1. The molecule has 0 aliphatic rings. The van der Waals surface area contributed by atoms with Crippen molar-refractivity contribution in [1.82, 2.24) is 10.2 Å². The number of aromatic hydroxyl groups is 1. The van der Waals surface area contributed by atoms with Crippen LogP contribution in [0.3, 0.4) is 0 Å². The Balaban J connectivity index is 2.63. The van der Waals surface area contributed by atoms with E-state index in [-0.39, 0.29) is 24.2 Å². The summed E-state index contributed by atoms with van der Waals surface area (Å²) >= 11 is 0. The summed E-state index contributed by atoms with van der Waals surface area (Å²) in [5.41, 5.74) is 0.650. The highest BCUT2D eigenvalue weighted by atomic mass is 19.1. The molecule has 0 unspecified atom stereocenters. The van der Waals surface area contributed by atoms with Crippen molar-refractivity contribution in [3.8, 4) is 5.75 Å². The molecule has 0 saturated carbocycles. The van der Waals surface area contributed by atoms with E-state index in [0.717, 1.165) is 6.07 Å². The van der Waals surface area contributed by atoms with E-state index in [4.69, 9.17) is 0 Å². The molecule has 0 atom stereocenters. The second kappa shape index (κ2) is 7.09. The number of rotatable bonds is 6. The second-order valence-electron chi connectivity index (χ2n) is 4.84. The number of halogens is 1. The fourth-order valence-corrected chi connectivity index (χ4v) is 1.83. The van der Waals surface area contributed by atoms with Gasteiger partial charge in [0.05, 0.1) is 6.54 Å². The van der Waals surface area contributed by atoms with Crippen molar-refractivity contribution >= 4 is 5.91 Å². The first-order valence-electron chi connectivity index (χ1n) is 6.41. The van der Waals surface area contributed by atoms with Crippen LogP contribution in [0, 0.1) is 5.82 Å². The molecule has 1 rings (SSSR count). The SMILES string of the molecule is CCN(CC(=O)NC(C)C)Cc1cc(O)cc(F)c1. The molecule has 0 fully saturated rings. The molecule has 1 aromatic rings. The minimum absolute atomic E-state index is 0.0579. The smallest absolute Gasteiger partial charge is 0.234 e. The zero-order valence-corrected chi connectivity index (χ0v) is 11.6. The average Bonchev–Trinajstić information content (AvgIpc) is 2.25. The van der Waals surface area contributed by atoms with Gasteiger partial charge >= 0.3 is 0 Å². The normalized spacial score (nSPS) is 11.1. The van der Waals surface area contributed by atoms with Gasteiger partial charge in [-0.25, -0.2) is 4.39 Å². The van der Waals surface area contributed by atoms with E-state index in [0.29, 0.717) is 18.7 Å². The van der Waals surface area contributed by atoms with Crippen molar-refractivity contribution in [1.29, 1.82) is 0 Å². The largest absolute Gasteiger partial charge is 0.508 e. The molecule has 0 aliphatic carbocycles. The molecule has 1 aromatic carbocycles. The van der Waals surface area contributed by atoms with Crippen LogP contribution in [0.2, 0.25) is 0 Å². The standard InChI is InChI=1S/C14H21FN2O2/c1-4-17(9-14(19)16-10(2)3)8-11-5-12(15)7-13(18)6-11/h5-7,10,18H,4,8-9H2,1-3H3,(H,16,19). The predicted molar refractivity (Wildman–Crippen MR) is 72.3 cm³/mol. The number of hydrogen-bond acceptors (Lipinski definition) is 3. The highest BCUT2D eigenvalue weighted by Gasteiger charge is 2.11. The summed E-state index contributed by atoms with van der Waals surface area (Å²) in [7, 11) is 0. The number of carbonyl (C=O) groups excluding carboxylic acids is 1. The summed E-state index contributed by atoms with van der Waals surface area (Å²) in [5, 5.41) is 12.2. The van der Waals surface area contributed by atoms with Crippen LogP contribution in [0.15, 0.2) is 18.2 Å². The maximum atomic E-state index is 13.2. The van der Waals surface area contributed by atoms with Crippen molar-refractivity contribution in [3.63, 3.8) is 0 Å². The minimum atomic E-state index is -0.474. The molecular weight excluding hydrogens is 247 g/mol. The van der Waals surface area contributed by atoms with E-state index < -0.39 is 5.82 Å². The van der Waals surface area contributed by atoms with Crippen molar-refractivity contribution in [3.05, 3.63) is 29.6 Å². The number of phenols is 1. The Bertz CT molecular complexity index is 415. The zero-order chi connectivity index (χ0) is 14.4. The van der Waals surface area contributed by atoms with E-state index in [1.165, 1.54) is 12.1 Å². The van der Waals surface area contributed by atoms with Crippen LogP contribution in [0.25, 0.3) is 0 Å². The molecule has 1 amide bonds. The molecule has 0 radical (unpaired) electrons. The molecule has 0 saturated heterocycles. The van der Waals surface area contributed by atoms with Gasteiger partial charge < -0.3 is 10.4 Å². The molecule has 106 valence electrons. The van der Waals surface area contributed by atoms with Gasteiger partial charge in [-0.15, -0.1) is 0 Å². The first-order chi connectivity index (χ1) is 8.90. The Hall–Kier alpha value is -1.62. The van der Waals surface area contributed by atoms with Crippen LogP contribution in [0.4, 0.5) is 4.39 Å². The van der Waals surface area contributed by atoms with Crippen molar-refractivity contribution in [2.75, 3.05) is 13.1 Å². The van der Waals surface area contributed by atoms with Crippen LogP contribution >= 0.6 is 0 Å². The molecule has 4 nitrogen and oxygen atoms in total. The van der Waals surface area contributed by atoms with Gasteiger partial charge in [0, 0.05) is 18.7 Å². The molecule has 19 heavy (non-hydrogen) atoms. The van der Waals surface area contributed by atoms with Gasteiger partial charge in [0.25, 0.3) is 0 Å². The summed E-state index contributed by atoms with van der Waals surface area (Å²) in [5.74, 6) is -0.632. The lowest BCUT2D eigenvalue weighted by Gasteiger charge is -2.20. The lowest BCUT2D eigenvalue weighted by atomic mass is 10.2. The highest BCUT2D eigenvalue weighted by molar-refractivity contribution is 5.78. The number of likely N-dealkylation sites (N-methyl/N-ethyl adjacent to an activating group) is 1. The van der Waals surface area contributed by atoms with Crippen LogP contribution < -0.4 is 5.32 Å². The summed E-state index contributed by atoms with van der Waals surface area (Å²) in [6, 6.07) is 4.03. The van der Waals surface area contributed by atoms with Gasteiger partial charge in [-0.05, 0) is 38.1 Å².